The first-order valence-corrected chi connectivity index (χ1v) is 22.7. The number of rotatable bonds is 19. The largest absolute Gasteiger partial charge is 0.490 e. The molecule has 8 aromatic rings. The lowest BCUT2D eigenvalue weighted by Crippen LogP contribution is -2.10. The summed E-state index contributed by atoms with van der Waals surface area (Å²) < 4.78 is 22.8. The predicted molar refractivity (Wildman–Crippen MR) is 275 cm³/mol. The van der Waals surface area contributed by atoms with Gasteiger partial charge in [0.15, 0.2) is 23.0 Å². The number of ether oxygens (including phenoxy) is 4. The van der Waals surface area contributed by atoms with E-state index in [9.17, 15) is 9.59 Å². The van der Waals surface area contributed by atoms with Crippen molar-refractivity contribution >= 4 is 46.1 Å². The lowest BCUT2D eigenvalue weighted by molar-refractivity contribution is -0.130. The van der Waals surface area contributed by atoms with Crippen LogP contribution in [0.15, 0.2) is 219 Å². The number of anilines is 6. The molecular weight excluding hydrogens is 845 g/mol. The molecule has 8 rings (SSSR count). The smallest absolute Gasteiger partial charge is 0.335 e. The summed E-state index contributed by atoms with van der Waals surface area (Å²) in [5.74, 6) is 0.662. The summed E-state index contributed by atoms with van der Waals surface area (Å²) in [5, 5.41) is 0. The molecule has 0 radical (unpaired) electrons. The predicted octanol–water partition coefficient (Wildman–Crippen LogP) is 15.4. The van der Waals surface area contributed by atoms with Crippen LogP contribution >= 0.6 is 0 Å². The van der Waals surface area contributed by atoms with Crippen LogP contribution in [0.3, 0.4) is 0 Å². The molecule has 338 valence electrons. The fourth-order valence-corrected chi connectivity index (χ4v) is 7.75. The van der Waals surface area contributed by atoms with E-state index in [0.717, 1.165) is 92.5 Å². The third-order valence-electron chi connectivity index (χ3n) is 11.1. The molecule has 0 unspecified atom stereocenters. The van der Waals surface area contributed by atoms with Gasteiger partial charge in [0, 0.05) is 46.3 Å². The van der Waals surface area contributed by atoms with Gasteiger partial charge in [-0.3, -0.25) is 0 Å². The topological polar surface area (TPSA) is 77.5 Å². The molecule has 0 saturated heterocycles. The van der Waals surface area contributed by atoms with Crippen LogP contribution in [-0.2, 0) is 9.59 Å². The monoisotopic (exact) mass is 896 g/mol. The van der Waals surface area contributed by atoms with E-state index in [1.54, 1.807) is 12.1 Å². The first kappa shape index (κ1) is 45.9. The highest BCUT2D eigenvalue weighted by Crippen LogP contribution is 2.41. The van der Waals surface area contributed by atoms with E-state index in [1.165, 1.54) is 0 Å². The Morgan fingerprint density at radius 1 is 0.382 bits per heavy atom. The molecule has 0 bridgehead atoms. The van der Waals surface area contributed by atoms with Crippen LogP contribution in [0.2, 0.25) is 0 Å². The van der Waals surface area contributed by atoms with Gasteiger partial charge in [0.05, 0.1) is 13.2 Å². The number of hydrogen-bond donors (Lipinski definition) is 0. The van der Waals surface area contributed by atoms with E-state index < -0.39 is 11.9 Å². The van der Waals surface area contributed by atoms with Gasteiger partial charge in [0.1, 0.15) is 0 Å². The van der Waals surface area contributed by atoms with Crippen molar-refractivity contribution in [2.24, 2.45) is 0 Å². The van der Waals surface area contributed by atoms with E-state index in [0.29, 0.717) is 36.2 Å². The summed E-state index contributed by atoms with van der Waals surface area (Å²) in [6, 6.07) is 65.9. The SMILES string of the molecule is C=CC(=O)Oc1ccc(-c2ccc(N(c3ccccc3)c3ccc(-c4ccc(N(c5ccccc5)c5ccc(-c6ccc(OC(=O)C=C)c(OCCC)c6)cc5)cc4)cc3)cc2)cc1OCCC. The molecule has 0 fully saturated rings. The van der Waals surface area contributed by atoms with E-state index in [1.807, 2.05) is 74.5 Å². The Morgan fingerprint density at radius 3 is 0.956 bits per heavy atom. The number of hydrogen-bond acceptors (Lipinski definition) is 8. The molecule has 8 heteroatoms. The molecule has 0 saturated carbocycles. The van der Waals surface area contributed by atoms with Crippen molar-refractivity contribution < 1.29 is 28.5 Å². The van der Waals surface area contributed by atoms with Crippen molar-refractivity contribution in [2.75, 3.05) is 23.0 Å². The fourth-order valence-electron chi connectivity index (χ4n) is 7.75. The number of carbonyl (C=O) groups is 2. The van der Waals surface area contributed by atoms with E-state index in [-0.39, 0.29) is 0 Å². The summed E-state index contributed by atoms with van der Waals surface area (Å²) in [5.41, 5.74) is 12.2. The van der Waals surface area contributed by atoms with Gasteiger partial charge in [-0.15, -0.1) is 0 Å². The van der Waals surface area contributed by atoms with Crippen LogP contribution in [-0.4, -0.2) is 25.2 Å². The van der Waals surface area contributed by atoms with Crippen molar-refractivity contribution in [3.8, 4) is 56.4 Å². The van der Waals surface area contributed by atoms with E-state index >= 15 is 0 Å². The molecule has 8 nitrogen and oxygen atoms in total. The maximum Gasteiger partial charge on any atom is 0.335 e. The Morgan fingerprint density at radius 2 is 0.662 bits per heavy atom. The van der Waals surface area contributed by atoms with Crippen LogP contribution in [0.4, 0.5) is 34.1 Å². The molecule has 0 N–H and O–H groups in total. The van der Waals surface area contributed by atoms with Crippen molar-refractivity contribution in [2.45, 2.75) is 26.7 Å². The summed E-state index contributed by atoms with van der Waals surface area (Å²) in [6.45, 7) is 12.1. The zero-order valence-corrected chi connectivity index (χ0v) is 38.2. The second-order valence-corrected chi connectivity index (χ2v) is 15.8. The van der Waals surface area contributed by atoms with Gasteiger partial charge in [-0.05, 0) is 143 Å². The quantitative estimate of drug-likeness (QED) is 0.0451. The van der Waals surface area contributed by atoms with Crippen molar-refractivity contribution in [1.29, 1.82) is 0 Å². The maximum absolute atomic E-state index is 12.0. The summed E-state index contributed by atoms with van der Waals surface area (Å²) in [7, 11) is 0. The highest BCUT2D eigenvalue weighted by atomic mass is 16.6. The molecule has 0 aromatic heterocycles. The molecule has 0 amide bonds. The lowest BCUT2D eigenvalue weighted by Gasteiger charge is -2.26. The molecule has 0 aliphatic rings. The lowest BCUT2D eigenvalue weighted by atomic mass is 10.0. The minimum absolute atomic E-state index is 0.360. The summed E-state index contributed by atoms with van der Waals surface area (Å²) in [4.78, 5) is 28.5. The summed E-state index contributed by atoms with van der Waals surface area (Å²) in [6.07, 6.45) is 3.91. The number of carbonyl (C=O) groups excluding carboxylic acids is 2. The third-order valence-corrected chi connectivity index (χ3v) is 11.1. The van der Waals surface area contributed by atoms with E-state index in [4.69, 9.17) is 18.9 Å². The fraction of sp³-hybridized carbons (Fsp3) is 0.100. The Labute approximate surface area is 398 Å². The molecular formula is C60H52N2O6. The van der Waals surface area contributed by atoms with Crippen LogP contribution < -0.4 is 28.7 Å². The normalized spacial score (nSPS) is 10.7. The van der Waals surface area contributed by atoms with Gasteiger partial charge in [0.2, 0.25) is 0 Å². The molecule has 0 aliphatic carbocycles. The van der Waals surface area contributed by atoms with Crippen LogP contribution in [0.5, 0.6) is 23.0 Å². The zero-order chi connectivity index (χ0) is 47.2. The standard InChI is InChI=1S/C60H52N2O6/c1-5-39-65-57-41-47(27-37-55(57)67-59(63)7-3)45-23-33-53(34-24-45)61(49-15-11-9-12-16-49)51-29-19-43(20-30-51)44-21-31-52(32-22-44)62(50-17-13-10-14-18-50)54-35-25-46(26-36-54)48-28-38-56(68-60(64)8-4)58(42-48)66-40-6-2/h7-38,41-42H,3-6,39-40H2,1-2H3. The minimum Gasteiger partial charge on any atom is -0.490 e. The average Bonchev–Trinajstić information content (AvgIpc) is 3.39. The van der Waals surface area contributed by atoms with E-state index in [2.05, 4.69) is 144 Å². The van der Waals surface area contributed by atoms with Crippen molar-refractivity contribution in [1.82, 2.24) is 0 Å². The molecule has 0 atom stereocenters. The van der Waals surface area contributed by atoms with Gasteiger partial charge in [-0.1, -0.05) is 124 Å². The van der Waals surface area contributed by atoms with Gasteiger partial charge in [-0.2, -0.15) is 0 Å². The highest BCUT2D eigenvalue weighted by Gasteiger charge is 2.17. The van der Waals surface area contributed by atoms with Gasteiger partial charge < -0.3 is 28.7 Å². The number of para-hydroxylation sites is 2. The van der Waals surface area contributed by atoms with Crippen molar-refractivity contribution in [3.05, 3.63) is 219 Å². The Kier molecular flexibility index (Phi) is 14.9. The molecule has 68 heavy (non-hydrogen) atoms. The third kappa shape index (κ3) is 10.9. The molecule has 8 aromatic carbocycles. The van der Waals surface area contributed by atoms with Crippen molar-refractivity contribution in [3.63, 3.8) is 0 Å². The average molecular weight is 897 g/mol. The molecule has 0 aliphatic heterocycles. The van der Waals surface area contributed by atoms with Gasteiger partial charge >= 0.3 is 11.9 Å². The van der Waals surface area contributed by atoms with Gasteiger partial charge in [-0.25, -0.2) is 9.59 Å². The zero-order valence-electron chi connectivity index (χ0n) is 38.2. The van der Waals surface area contributed by atoms with Crippen LogP contribution in [0.25, 0.3) is 33.4 Å². The first-order chi connectivity index (χ1) is 33.3. The Balaban J connectivity index is 1.04. The number of esters is 2. The summed E-state index contributed by atoms with van der Waals surface area (Å²) >= 11 is 0. The second kappa shape index (κ2) is 22.0. The number of nitrogens with zero attached hydrogens (tertiary/aromatic N) is 2. The van der Waals surface area contributed by atoms with Crippen LogP contribution in [0, 0.1) is 0 Å². The Bertz CT molecular complexity index is 2760. The van der Waals surface area contributed by atoms with Gasteiger partial charge in [0.25, 0.3) is 0 Å². The first-order valence-electron chi connectivity index (χ1n) is 22.7. The maximum atomic E-state index is 12.0. The minimum atomic E-state index is -0.536. The Hall–Kier alpha value is -8.62. The van der Waals surface area contributed by atoms with Crippen LogP contribution in [0.1, 0.15) is 26.7 Å². The second-order valence-electron chi connectivity index (χ2n) is 15.8. The molecule has 0 heterocycles. The molecule has 0 spiro atoms. The highest BCUT2D eigenvalue weighted by molar-refractivity contribution is 5.86. The number of benzene rings is 8.